The zero-order chi connectivity index (χ0) is 17.4. The van der Waals surface area contributed by atoms with Gasteiger partial charge in [0.15, 0.2) is 0 Å². The molecule has 0 fully saturated rings. The van der Waals surface area contributed by atoms with Crippen molar-refractivity contribution >= 4 is 10.8 Å². The summed E-state index contributed by atoms with van der Waals surface area (Å²) in [5.41, 5.74) is 5.92. The van der Waals surface area contributed by atoms with E-state index in [9.17, 15) is 10.2 Å². The van der Waals surface area contributed by atoms with Crippen LogP contribution in [0.5, 0.6) is 0 Å². The van der Waals surface area contributed by atoms with E-state index in [1.807, 2.05) is 6.92 Å². The molecule has 0 aliphatic heterocycles. The first kappa shape index (κ1) is 16.3. The lowest BCUT2D eigenvalue weighted by molar-refractivity contribution is 0.105. The van der Waals surface area contributed by atoms with Crippen LogP contribution in [0.25, 0.3) is 33.0 Å². The van der Waals surface area contributed by atoms with E-state index in [-0.39, 0.29) is 13.2 Å². The maximum absolute atomic E-state index is 9.44. The molecule has 1 aliphatic rings. The lowest BCUT2D eigenvalue weighted by Gasteiger charge is -2.26. The molecule has 0 spiro atoms. The van der Waals surface area contributed by atoms with Gasteiger partial charge in [-0.2, -0.15) is 0 Å². The molecule has 0 radical (unpaired) electrons. The summed E-state index contributed by atoms with van der Waals surface area (Å²) in [5.74, 6) is 0. The summed E-state index contributed by atoms with van der Waals surface area (Å²) in [6.07, 6.45) is 0.851. The summed E-state index contributed by atoms with van der Waals surface area (Å²) >= 11 is 0. The molecule has 0 heterocycles. The van der Waals surface area contributed by atoms with E-state index >= 15 is 0 Å². The summed E-state index contributed by atoms with van der Waals surface area (Å²) in [4.78, 5) is 0. The monoisotopic (exact) mass is 333 g/mol. The summed E-state index contributed by atoms with van der Waals surface area (Å²) in [7, 11) is 0. The number of hydrogen-bond acceptors (Lipinski definition) is 3. The predicted octanol–water partition coefficient (Wildman–Crippen LogP) is 3.36. The van der Waals surface area contributed by atoms with Gasteiger partial charge in [0.1, 0.15) is 0 Å². The van der Waals surface area contributed by atoms with Crippen LogP contribution in [0, 0.1) is 0 Å². The first-order valence-electron chi connectivity index (χ1n) is 8.78. The third-order valence-electron chi connectivity index (χ3n) is 5.26. The Kier molecular flexibility index (Phi) is 4.08. The van der Waals surface area contributed by atoms with Gasteiger partial charge < -0.3 is 15.5 Å². The SMILES string of the molecule is CC(CO)(CO)NCCc1ccc2cccc3c2c1-c1ccccc1-3. The van der Waals surface area contributed by atoms with E-state index in [4.69, 9.17) is 0 Å². The van der Waals surface area contributed by atoms with E-state index in [1.165, 1.54) is 38.6 Å². The van der Waals surface area contributed by atoms with Crippen LogP contribution in [0.1, 0.15) is 12.5 Å². The summed E-state index contributed by atoms with van der Waals surface area (Å²) in [5, 5.41) is 24.8. The average molecular weight is 333 g/mol. The van der Waals surface area contributed by atoms with Crippen LogP contribution in [0.2, 0.25) is 0 Å². The van der Waals surface area contributed by atoms with Gasteiger partial charge in [-0.15, -0.1) is 0 Å². The van der Waals surface area contributed by atoms with Crippen LogP contribution in [0.4, 0.5) is 0 Å². The van der Waals surface area contributed by atoms with Crippen molar-refractivity contribution in [2.45, 2.75) is 18.9 Å². The highest BCUT2D eigenvalue weighted by atomic mass is 16.3. The van der Waals surface area contributed by atoms with Crippen molar-refractivity contribution < 1.29 is 10.2 Å². The van der Waals surface area contributed by atoms with Crippen molar-refractivity contribution in [1.82, 2.24) is 5.32 Å². The topological polar surface area (TPSA) is 52.5 Å². The van der Waals surface area contributed by atoms with Gasteiger partial charge in [0.25, 0.3) is 0 Å². The summed E-state index contributed by atoms with van der Waals surface area (Å²) in [6, 6.07) is 19.5. The van der Waals surface area contributed by atoms with Crippen molar-refractivity contribution in [2.24, 2.45) is 0 Å². The lowest BCUT2D eigenvalue weighted by atomic mass is 9.95. The number of benzene rings is 3. The quantitative estimate of drug-likeness (QED) is 0.507. The Hall–Kier alpha value is -2.20. The molecule has 0 unspecified atom stereocenters. The first-order valence-corrected chi connectivity index (χ1v) is 8.78. The maximum atomic E-state index is 9.44. The van der Waals surface area contributed by atoms with Gasteiger partial charge in [-0.1, -0.05) is 54.6 Å². The fourth-order valence-corrected chi connectivity index (χ4v) is 3.76. The Balaban J connectivity index is 1.73. The molecule has 0 atom stereocenters. The molecule has 0 saturated carbocycles. The molecule has 3 N–H and O–H groups in total. The molecule has 0 aromatic heterocycles. The van der Waals surface area contributed by atoms with E-state index in [1.54, 1.807) is 0 Å². The zero-order valence-electron chi connectivity index (χ0n) is 14.4. The number of hydrogen-bond donors (Lipinski definition) is 3. The fourth-order valence-electron chi connectivity index (χ4n) is 3.76. The molecule has 3 aromatic rings. The van der Waals surface area contributed by atoms with E-state index in [0.717, 1.165) is 6.42 Å². The van der Waals surface area contributed by atoms with E-state index < -0.39 is 5.54 Å². The summed E-state index contributed by atoms with van der Waals surface area (Å²) < 4.78 is 0. The maximum Gasteiger partial charge on any atom is 0.0633 e. The van der Waals surface area contributed by atoms with Gasteiger partial charge in [-0.05, 0) is 58.5 Å². The van der Waals surface area contributed by atoms with Crippen molar-refractivity contribution in [3.8, 4) is 22.3 Å². The second-order valence-corrected chi connectivity index (χ2v) is 7.10. The van der Waals surface area contributed by atoms with Crippen LogP contribution in [-0.2, 0) is 6.42 Å². The van der Waals surface area contributed by atoms with Gasteiger partial charge in [-0.25, -0.2) is 0 Å². The Morgan fingerprint density at radius 3 is 2.32 bits per heavy atom. The van der Waals surface area contributed by atoms with Crippen LogP contribution in [0.3, 0.4) is 0 Å². The number of nitrogens with one attached hydrogen (secondary N) is 1. The minimum atomic E-state index is -0.639. The Morgan fingerprint density at radius 1 is 0.840 bits per heavy atom. The number of aliphatic hydroxyl groups is 2. The molecule has 4 rings (SSSR count). The highest BCUT2D eigenvalue weighted by molar-refractivity contribution is 6.16. The van der Waals surface area contributed by atoms with E-state index in [2.05, 4.69) is 59.9 Å². The van der Waals surface area contributed by atoms with Gasteiger partial charge in [0, 0.05) is 0 Å². The van der Waals surface area contributed by atoms with Crippen molar-refractivity contribution in [3.63, 3.8) is 0 Å². The molecule has 3 heteroatoms. The molecule has 0 amide bonds. The largest absolute Gasteiger partial charge is 0.394 e. The molecule has 3 aromatic carbocycles. The molecule has 0 bridgehead atoms. The van der Waals surface area contributed by atoms with Gasteiger partial charge in [-0.3, -0.25) is 0 Å². The predicted molar refractivity (Wildman–Crippen MR) is 103 cm³/mol. The molecular formula is C22H23NO2. The fraction of sp³-hybridized carbons (Fsp3) is 0.273. The second kappa shape index (κ2) is 6.26. The molecule has 25 heavy (non-hydrogen) atoms. The van der Waals surface area contributed by atoms with Gasteiger partial charge >= 0.3 is 0 Å². The standard InChI is InChI=1S/C22H23NO2/c1-22(13-24,14-25)23-12-11-16-10-9-15-5-4-8-19-17-6-2-3-7-18(17)21(16)20(15)19/h2-10,23-25H,11-14H2,1H3. The molecule has 1 aliphatic carbocycles. The Morgan fingerprint density at radius 2 is 1.56 bits per heavy atom. The summed E-state index contributed by atoms with van der Waals surface area (Å²) in [6.45, 7) is 2.38. The third-order valence-corrected chi connectivity index (χ3v) is 5.26. The Labute approximate surface area is 147 Å². The minimum Gasteiger partial charge on any atom is -0.394 e. The van der Waals surface area contributed by atoms with Crippen molar-refractivity contribution in [3.05, 3.63) is 60.2 Å². The number of fused-ring (bicyclic) bond motifs is 3. The zero-order valence-corrected chi connectivity index (χ0v) is 14.4. The van der Waals surface area contributed by atoms with E-state index in [0.29, 0.717) is 6.54 Å². The minimum absolute atomic E-state index is 0.0823. The van der Waals surface area contributed by atoms with Crippen LogP contribution in [-0.4, -0.2) is 35.5 Å². The molecule has 128 valence electrons. The van der Waals surface area contributed by atoms with Gasteiger partial charge in [0.2, 0.25) is 0 Å². The van der Waals surface area contributed by atoms with Crippen molar-refractivity contribution in [1.29, 1.82) is 0 Å². The third kappa shape index (κ3) is 2.65. The number of aliphatic hydroxyl groups excluding tert-OH is 2. The van der Waals surface area contributed by atoms with Crippen LogP contribution in [0.15, 0.2) is 54.6 Å². The molecular weight excluding hydrogens is 310 g/mol. The first-order chi connectivity index (χ1) is 12.2. The highest BCUT2D eigenvalue weighted by Crippen LogP contribution is 2.48. The second-order valence-electron chi connectivity index (χ2n) is 7.10. The van der Waals surface area contributed by atoms with Gasteiger partial charge in [0.05, 0.1) is 18.8 Å². The Bertz CT molecular complexity index is 928. The van der Waals surface area contributed by atoms with Crippen molar-refractivity contribution in [2.75, 3.05) is 19.8 Å². The average Bonchev–Trinajstić information content (AvgIpc) is 3.00. The number of rotatable bonds is 6. The smallest absolute Gasteiger partial charge is 0.0633 e. The normalized spacial score (nSPS) is 12.6. The lowest BCUT2D eigenvalue weighted by Crippen LogP contribution is -2.49. The molecule has 3 nitrogen and oxygen atoms in total. The van der Waals surface area contributed by atoms with Crippen LogP contribution >= 0.6 is 0 Å². The van der Waals surface area contributed by atoms with Crippen LogP contribution < -0.4 is 5.32 Å². The highest BCUT2D eigenvalue weighted by Gasteiger charge is 2.24. The molecule has 0 saturated heterocycles.